The van der Waals surface area contributed by atoms with Crippen LogP contribution in [0.1, 0.15) is 48.9 Å². The maximum absolute atomic E-state index is 12.8. The van der Waals surface area contributed by atoms with Crippen molar-refractivity contribution in [2.45, 2.75) is 44.6 Å². The van der Waals surface area contributed by atoms with Gasteiger partial charge in [-0.25, -0.2) is 0 Å². The number of amides is 1. The molecular formula is C19H23NO2. The van der Waals surface area contributed by atoms with Crippen molar-refractivity contribution in [3.8, 4) is 5.75 Å². The van der Waals surface area contributed by atoms with Gasteiger partial charge in [-0.05, 0) is 35.7 Å². The van der Waals surface area contributed by atoms with E-state index in [1.165, 1.54) is 25.7 Å². The number of phenolic OH excluding ortho intramolecular Hbond substituents is 1. The SMILES string of the molecule is CN(C(=O)c1cc2ccccc2cc1O)C1CCCCCC1. The zero-order valence-corrected chi connectivity index (χ0v) is 13.1. The van der Waals surface area contributed by atoms with E-state index in [1.54, 1.807) is 12.1 Å². The molecule has 1 fully saturated rings. The molecule has 1 N–H and O–H groups in total. The number of carbonyl (C=O) groups is 1. The summed E-state index contributed by atoms with van der Waals surface area (Å²) in [6.07, 6.45) is 7.03. The van der Waals surface area contributed by atoms with Crippen LogP contribution in [0.25, 0.3) is 10.8 Å². The second-order valence-corrected chi connectivity index (χ2v) is 6.28. The zero-order chi connectivity index (χ0) is 15.5. The summed E-state index contributed by atoms with van der Waals surface area (Å²) >= 11 is 0. The van der Waals surface area contributed by atoms with E-state index in [1.807, 2.05) is 36.2 Å². The fourth-order valence-corrected chi connectivity index (χ4v) is 3.40. The minimum absolute atomic E-state index is 0.0733. The van der Waals surface area contributed by atoms with Crippen molar-refractivity contribution in [1.82, 2.24) is 4.90 Å². The molecular weight excluding hydrogens is 274 g/mol. The Kier molecular flexibility index (Phi) is 4.32. The molecule has 3 rings (SSSR count). The molecule has 0 radical (unpaired) electrons. The lowest BCUT2D eigenvalue weighted by Crippen LogP contribution is -2.36. The van der Waals surface area contributed by atoms with Crippen LogP contribution in [0.15, 0.2) is 36.4 Å². The summed E-state index contributed by atoms with van der Waals surface area (Å²) in [4.78, 5) is 14.6. The first-order valence-electron chi connectivity index (χ1n) is 8.16. The molecule has 0 saturated heterocycles. The molecule has 0 bridgehead atoms. The third-order valence-corrected chi connectivity index (χ3v) is 4.79. The highest BCUT2D eigenvalue weighted by Crippen LogP contribution is 2.28. The summed E-state index contributed by atoms with van der Waals surface area (Å²) in [5, 5.41) is 12.2. The van der Waals surface area contributed by atoms with Crippen LogP contribution in [-0.2, 0) is 0 Å². The first-order valence-corrected chi connectivity index (χ1v) is 8.16. The lowest BCUT2D eigenvalue weighted by molar-refractivity contribution is 0.0715. The Morgan fingerprint density at radius 2 is 1.64 bits per heavy atom. The summed E-state index contributed by atoms with van der Waals surface area (Å²) in [5.74, 6) is -0.000625. The van der Waals surface area contributed by atoms with Crippen LogP contribution in [-0.4, -0.2) is 29.0 Å². The molecule has 3 nitrogen and oxygen atoms in total. The molecule has 0 aliphatic heterocycles. The highest BCUT2D eigenvalue weighted by Gasteiger charge is 2.24. The topological polar surface area (TPSA) is 40.5 Å². The monoisotopic (exact) mass is 297 g/mol. The van der Waals surface area contributed by atoms with E-state index < -0.39 is 0 Å². The van der Waals surface area contributed by atoms with E-state index in [4.69, 9.17) is 0 Å². The Balaban J connectivity index is 1.88. The lowest BCUT2D eigenvalue weighted by atomic mass is 10.0. The number of fused-ring (bicyclic) bond motifs is 1. The van der Waals surface area contributed by atoms with Crippen molar-refractivity contribution in [3.63, 3.8) is 0 Å². The predicted octanol–water partition coefficient (Wildman–Crippen LogP) is 4.34. The van der Waals surface area contributed by atoms with Crippen LogP contribution in [0.3, 0.4) is 0 Å². The number of phenols is 1. The summed E-state index contributed by atoms with van der Waals surface area (Å²) in [5.41, 5.74) is 0.408. The van der Waals surface area contributed by atoms with Crippen molar-refractivity contribution in [1.29, 1.82) is 0 Å². The van der Waals surface area contributed by atoms with Crippen LogP contribution in [0.2, 0.25) is 0 Å². The van der Waals surface area contributed by atoms with Crippen LogP contribution in [0.4, 0.5) is 0 Å². The number of hydrogen-bond acceptors (Lipinski definition) is 2. The first-order chi connectivity index (χ1) is 10.7. The maximum atomic E-state index is 12.8. The van der Waals surface area contributed by atoms with E-state index in [9.17, 15) is 9.90 Å². The molecule has 0 spiro atoms. The smallest absolute Gasteiger partial charge is 0.257 e. The Morgan fingerprint density at radius 1 is 1.05 bits per heavy atom. The van der Waals surface area contributed by atoms with Gasteiger partial charge in [-0.1, -0.05) is 49.9 Å². The Labute approximate surface area is 131 Å². The molecule has 1 aliphatic carbocycles. The number of aromatic hydroxyl groups is 1. The fraction of sp³-hybridized carbons (Fsp3) is 0.421. The van der Waals surface area contributed by atoms with Gasteiger partial charge in [0.1, 0.15) is 5.75 Å². The molecule has 0 atom stereocenters. The van der Waals surface area contributed by atoms with E-state index in [2.05, 4.69) is 0 Å². The second-order valence-electron chi connectivity index (χ2n) is 6.28. The molecule has 3 heteroatoms. The average Bonchev–Trinajstić information content (AvgIpc) is 2.82. The molecule has 2 aromatic rings. The molecule has 22 heavy (non-hydrogen) atoms. The van der Waals surface area contributed by atoms with Crippen molar-refractivity contribution >= 4 is 16.7 Å². The highest BCUT2D eigenvalue weighted by atomic mass is 16.3. The number of benzene rings is 2. The fourth-order valence-electron chi connectivity index (χ4n) is 3.40. The van der Waals surface area contributed by atoms with Gasteiger partial charge in [-0.15, -0.1) is 0 Å². The molecule has 0 unspecified atom stereocenters. The number of nitrogens with zero attached hydrogens (tertiary/aromatic N) is 1. The largest absolute Gasteiger partial charge is 0.507 e. The minimum Gasteiger partial charge on any atom is -0.507 e. The van der Waals surface area contributed by atoms with E-state index in [-0.39, 0.29) is 11.7 Å². The third-order valence-electron chi connectivity index (χ3n) is 4.79. The molecule has 2 aromatic carbocycles. The average molecular weight is 297 g/mol. The van der Waals surface area contributed by atoms with Gasteiger partial charge in [-0.3, -0.25) is 4.79 Å². The molecule has 0 heterocycles. The normalized spacial score (nSPS) is 16.4. The van der Waals surface area contributed by atoms with E-state index in [0.717, 1.165) is 23.6 Å². The number of hydrogen-bond donors (Lipinski definition) is 1. The van der Waals surface area contributed by atoms with Crippen LogP contribution in [0, 0.1) is 0 Å². The first kappa shape index (κ1) is 14.9. The van der Waals surface area contributed by atoms with Crippen molar-refractivity contribution in [2.75, 3.05) is 7.05 Å². The van der Waals surface area contributed by atoms with Gasteiger partial charge >= 0.3 is 0 Å². The zero-order valence-electron chi connectivity index (χ0n) is 13.1. The van der Waals surface area contributed by atoms with Gasteiger partial charge in [0.25, 0.3) is 5.91 Å². The van der Waals surface area contributed by atoms with E-state index in [0.29, 0.717) is 11.6 Å². The van der Waals surface area contributed by atoms with Gasteiger partial charge < -0.3 is 10.0 Å². The van der Waals surface area contributed by atoms with Gasteiger partial charge in [-0.2, -0.15) is 0 Å². The molecule has 1 amide bonds. The summed E-state index contributed by atoms with van der Waals surface area (Å²) in [7, 11) is 1.87. The number of carbonyl (C=O) groups excluding carboxylic acids is 1. The van der Waals surface area contributed by atoms with Crippen molar-refractivity contribution in [2.24, 2.45) is 0 Å². The molecule has 0 aromatic heterocycles. The van der Waals surface area contributed by atoms with Crippen LogP contribution >= 0.6 is 0 Å². The van der Waals surface area contributed by atoms with Crippen molar-refractivity contribution < 1.29 is 9.90 Å². The lowest BCUT2D eigenvalue weighted by Gasteiger charge is -2.27. The summed E-state index contributed by atoms with van der Waals surface area (Å²) in [6.45, 7) is 0. The maximum Gasteiger partial charge on any atom is 0.257 e. The molecule has 1 aliphatic rings. The van der Waals surface area contributed by atoms with Gasteiger partial charge in [0.2, 0.25) is 0 Å². The van der Waals surface area contributed by atoms with Crippen LogP contribution in [0.5, 0.6) is 5.75 Å². The van der Waals surface area contributed by atoms with Gasteiger partial charge in [0, 0.05) is 13.1 Å². The Morgan fingerprint density at radius 3 is 2.27 bits per heavy atom. The highest BCUT2D eigenvalue weighted by molar-refractivity contribution is 6.01. The minimum atomic E-state index is -0.0739. The number of rotatable bonds is 2. The second kappa shape index (κ2) is 6.39. The summed E-state index contributed by atoms with van der Waals surface area (Å²) < 4.78 is 0. The Hall–Kier alpha value is -2.03. The quantitative estimate of drug-likeness (QED) is 0.838. The third kappa shape index (κ3) is 2.94. The standard InChI is InChI=1S/C19H23NO2/c1-20(16-10-4-2-3-5-11-16)19(22)17-12-14-8-6-7-9-15(14)13-18(17)21/h6-9,12-13,16,21H,2-5,10-11H2,1H3. The van der Waals surface area contributed by atoms with Gasteiger partial charge in [0.15, 0.2) is 0 Å². The predicted molar refractivity (Wildman–Crippen MR) is 89.2 cm³/mol. The summed E-state index contributed by atoms with van der Waals surface area (Å²) in [6, 6.07) is 11.6. The van der Waals surface area contributed by atoms with Crippen molar-refractivity contribution in [3.05, 3.63) is 42.0 Å². The molecule has 116 valence electrons. The van der Waals surface area contributed by atoms with E-state index >= 15 is 0 Å². The van der Waals surface area contributed by atoms with Crippen LogP contribution < -0.4 is 0 Å². The molecule has 1 saturated carbocycles. The van der Waals surface area contributed by atoms with Gasteiger partial charge in [0.05, 0.1) is 5.56 Å². The Bertz CT molecular complexity index is 672.